The molecule has 142 valence electrons. The van der Waals surface area contributed by atoms with Gasteiger partial charge in [-0.15, -0.1) is 0 Å². The molecule has 0 bridgehead atoms. The van der Waals surface area contributed by atoms with Crippen molar-refractivity contribution < 1.29 is 18.7 Å². The number of carbonyl (C=O) groups excluding carboxylic acids is 2. The van der Waals surface area contributed by atoms with E-state index < -0.39 is 17.6 Å². The molecule has 0 saturated heterocycles. The summed E-state index contributed by atoms with van der Waals surface area (Å²) in [5, 5.41) is 5.55. The minimum absolute atomic E-state index is 0.134. The monoisotopic (exact) mass is 398 g/mol. The maximum atomic E-state index is 13.2. The summed E-state index contributed by atoms with van der Waals surface area (Å²) in [5.74, 6) is -0.677. The van der Waals surface area contributed by atoms with Crippen molar-refractivity contribution in [2.75, 3.05) is 11.9 Å². The number of para-hydroxylation sites is 3. The van der Waals surface area contributed by atoms with E-state index in [4.69, 9.17) is 16.3 Å². The molecule has 0 aliphatic heterocycles. The first-order valence-electron chi connectivity index (χ1n) is 8.38. The Labute approximate surface area is 166 Å². The van der Waals surface area contributed by atoms with Crippen molar-refractivity contribution in [1.82, 2.24) is 5.32 Å². The molecule has 5 nitrogen and oxygen atoms in total. The van der Waals surface area contributed by atoms with Gasteiger partial charge in [0.2, 0.25) is 5.91 Å². The number of ether oxygens (including phenoxy) is 1. The molecule has 0 saturated carbocycles. The third kappa shape index (κ3) is 5.08. The number of rotatable bonds is 6. The molecular weight excluding hydrogens is 383 g/mol. The number of carbonyl (C=O) groups is 2. The van der Waals surface area contributed by atoms with Crippen molar-refractivity contribution in [3.05, 3.63) is 89.2 Å². The van der Waals surface area contributed by atoms with E-state index in [1.165, 1.54) is 18.2 Å². The second kappa shape index (κ2) is 9.01. The molecule has 0 aliphatic rings. The van der Waals surface area contributed by atoms with E-state index in [0.717, 1.165) is 6.07 Å². The maximum absolute atomic E-state index is 13.2. The zero-order valence-electron chi connectivity index (χ0n) is 14.6. The molecule has 3 rings (SSSR count). The van der Waals surface area contributed by atoms with Gasteiger partial charge in [0.25, 0.3) is 5.91 Å². The summed E-state index contributed by atoms with van der Waals surface area (Å²) in [6, 6.07) is 19.0. The standard InChI is InChI=1S/C21H16ClFN2O3/c22-16-8-1-3-10-18(16)28-19-11-4-2-9-17(19)25-20(26)13-24-21(27)14-6-5-7-15(23)12-14/h1-12H,13H2,(H,24,27)(H,25,26). The van der Waals surface area contributed by atoms with E-state index in [9.17, 15) is 14.0 Å². The second-order valence-corrected chi connectivity index (χ2v) is 6.18. The number of nitrogens with one attached hydrogen (secondary N) is 2. The molecule has 0 aliphatic carbocycles. The molecule has 7 heteroatoms. The highest BCUT2D eigenvalue weighted by Gasteiger charge is 2.12. The van der Waals surface area contributed by atoms with E-state index in [0.29, 0.717) is 22.2 Å². The van der Waals surface area contributed by atoms with E-state index >= 15 is 0 Å². The normalized spacial score (nSPS) is 10.2. The minimum atomic E-state index is -0.546. The van der Waals surface area contributed by atoms with E-state index in [-0.39, 0.29) is 12.1 Å². The molecule has 28 heavy (non-hydrogen) atoms. The summed E-state index contributed by atoms with van der Waals surface area (Å²) in [6.45, 7) is -0.282. The first-order valence-corrected chi connectivity index (χ1v) is 8.76. The predicted molar refractivity (Wildman–Crippen MR) is 105 cm³/mol. The van der Waals surface area contributed by atoms with Crippen molar-refractivity contribution in [3.8, 4) is 11.5 Å². The Balaban J connectivity index is 1.63. The van der Waals surface area contributed by atoms with Gasteiger partial charge in [-0.2, -0.15) is 0 Å². The van der Waals surface area contributed by atoms with E-state index in [1.54, 1.807) is 48.5 Å². The van der Waals surface area contributed by atoms with Crippen LogP contribution in [0.2, 0.25) is 5.02 Å². The Morgan fingerprint density at radius 3 is 2.39 bits per heavy atom. The van der Waals surface area contributed by atoms with Gasteiger partial charge in [0, 0.05) is 5.56 Å². The van der Waals surface area contributed by atoms with Gasteiger partial charge in [-0.1, -0.05) is 41.9 Å². The van der Waals surface area contributed by atoms with Crippen LogP contribution >= 0.6 is 11.6 Å². The zero-order valence-corrected chi connectivity index (χ0v) is 15.4. The van der Waals surface area contributed by atoms with Crippen LogP contribution in [0, 0.1) is 5.82 Å². The van der Waals surface area contributed by atoms with Gasteiger partial charge in [-0.25, -0.2) is 4.39 Å². The number of benzene rings is 3. The first kappa shape index (κ1) is 19.4. The third-order valence-electron chi connectivity index (χ3n) is 3.71. The van der Waals surface area contributed by atoms with Gasteiger partial charge < -0.3 is 15.4 Å². The van der Waals surface area contributed by atoms with Crippen LogP contribution in [0.5, 0.6) is 11.5 Å². The lowest BCUT2D eigenvalue weighted by atomic mass is 10.2. The van der Waals surface area contributed by atoms with Crippen molar-refractivity contribution in [1.29, 1.82) is 0 Å². The highest BCUT2D eigenvalue weighted by atomic mass is 35.5. The van der Waals surface area contributed by atoms with Crippen LogP contribution in [0.3, 0.4) is 0 Å². The largest absolute Gasteiger partial charge is 0.454 e. The van der Waals surface area contributed by atoms with Crippen LogP contribution in [0.4, 0.5) is 10.1 Å². The van der Waals surface area contributed by atoms with Gasteiger partial charge in [-0.05, 0) is 42.5 Å². The van der Waals surface area contributed by atoms with Crippen molar-refractivity contribution in [2.45, 2.75) is 0 Å². The van der Waals surface area contributed by atoms with Crippen LogP contribution in [0.1, 0.15) is 10.4 Å². The lowest BCUT2D eigenvalue weighted by molar-refractivity contribution is -0.115. The van der Waals surface area contributed by atoms with Crippen LogP contribution in [-0.2, 0) is 4.79 Å². The fourth-order valence-electron chi connectivity index (χ4n) is 2.39. The number of hydrogen-bond donors (Lipinski definition) is 2. The van der Waals surface area contributed by atoms with Gasteiger partial charge in [0.1, 0.15) is 11.6 Å². The Morgan fingerprint density at radius 2 is 1.64 bits per heavy atom. The van der Waals surface area contributed by atoms with Crippen molar-refractivity contribution in [2.24, 2.45) is 0 Å². The van der Waals surface area contributed by atoms with Gasteiger partial charge in [-0.3, -0.25) is 9.59 Å². The number of halogens is 2. The Bertz CT molecular complexity index is 1010. The fourth-order valence-corrected chi connectivity index (χ4v) is 2.57. The summed E-state index contributed by atoms with van der Waals surface area (Å²) in [6.07, 6.45) is 0. The molecule has 0 radical (unpaired) electrons. The van der Waals surface area contributed by atoms with Crippen molar-refractivity contribution >= 4 is 29.1 Å². The molecule has 0 unspecified atom stereocenters. The van der Waals surface area contributed by atoms with Gasteiger partial charge in [0.05, 0.1) is 17.3 Å². The molecular formula is C21H16ClFN2O3. The smallest absolute Gasteiger partial charge is 0.251 e. The lowest BCUT2D eigenvalue weighted by Crippen LogP contribution is -2.32. The lowest BCUT2D eigenvalue weighted by Gasteiger charge is -2.13. The first-order chi connectivity index (χ1) is 13.5. The molecule has 0 spiro atoms. The molecule has 2 amide bonds. The molecule has 0 aromatic heterocycles. The van der Waals surface area contributed by atoms with Crippen LogP contribution in [-0.4, -0.2) is 18.4 Å². The predicted octanol–water partition coefficient (Wildman–Crippen LogP) is 4.64. The molecule has 0 atom stereocenters. The highest BCUT2D eigenvalue weighted by Crippen LogP contribution is 2.33. The summed E-state index contributed by atoms with van der Waals surface area (Å²) in [4.78, 5) is 24.2. The Hall–Kier alpha value is -3.38. The minimum Gasteiger partial charge on any atom is -0.454 e. The zero-order chi connectivity index (χ0) is 19.9. The summed E-state index contributed by atoms with van der Waals surface area (Å²) in [5.41, 5.74) is 0.558. The summed E-state index contributed by atoms with van der Waals surface area (Å²) >= 11 is 6.10. The molecule has 0 fully saturated rings. The Morgan fingerprint density at radius 1 is 0.929 bits per heavy atom. The SMILES string of the molecule is O=C(CNC(=O)c1cccc(F)c1)Nc1ccccc1Oc1ccccc1Cl. The van der Waals surface area contributed by atoms with Crippen LogP contribution < -0.4 is 15.4 Å². The summed E-state index contributed by atoms with van der Waals surface area (Å²) in [7, 11) is 0. The number of hydrogen-bond acceptors (Lipinski definition) is 3. The fraction of sp³-hybridized carbons (Fsp3) is 0.0476. The highest BCUT2D eigenvalue weighted by molar-refractivity contribution is 6.32. The molecule has 2 N–H and O–H groups in total. The summed E-state index contributed by atoms with van der Waals surface area (Å²) < 4.78 is 19.0. The van der Waals surface area contributed by atoms with Crippen LogP contribution in [0.25, 0.3) is 0 Å². The topological polar surface area (TPSA) is 67.4 Å². The van der Waals surface area contributed by atoms with Crippen LogP contribution in [0.15, 0.2) is 72.8 Å². The maximum Gasteiger partial charge on any atom is 0.251 e. The Kier molecular flexibility index (Phi) is 6.24. The number of amides is 2. The third-order valence-corrected chi connectivity index (χ3v) is 4.03. The van der Waals surface area contributed by atoms with E-state index in [2.05, 4.69) is 10.6 Å². The van der Waals surface area contributed by atoms with Gasteiger partial charge in [0.15, 0.2) is 5.75 Å². The molecule has 0 heterocycles. The molecule has 3 aromatic carbocycles. The van der Waals surface area contributed by atoms with Crippen molar-refractivity contribution in [3.63, 3.8) is 0 Å². The average Bonchev–Trinajstić information content (AvgIpc) is 2.69. The quantitative estimate of drug-likeness (QED) is 0.635. The van der Waals surface area contributed by atoms with Gasteiger partial charge >= 0.3 is 0 Å². The second-order valence-electron chi connectivity index (χ2n) is 5.77. The van der Waals surface area contributed by atoms with E-state index in [1.807, 2.05) is 0 Å². The number of anilines is 1. The molecule has 3 aromatic rings. The average molecular weight is 399 g/mol.